The number of anilines is 1. The Kier molecular flexibility index (Phi) is 11.7. The van der Waals surface area contributed by atoms with Crippen LogP contribution in [0.5, 0.6) is 5.75 Å². The number of phenolic OH excluding ortho intramolecular Hbond substituents is 1. The first-order valence-corrected chi connectivity index (χ1v) is 14.6. The molecule has 0 saturated carbocycles. The largest absolute Gasteiger partial charge is 0.508 e. The van der Waals surface area contributed by atoms with Crippen molar-refractivity contribution in [3.63, 3.8) is 0 Å². The summed E-state index contributed by atoms with van der Waals surface area (Å²) in [7, 11) is 1.90. The third kappa shape index (κ3) is 9.01. The smallest absolute Gasteiger partial charge is 0.325 e. The number of nitrogens with zero attached hydrogens (tertiary/aromatic N) is 1. The highest BCUT2D eigenvalue weighted by Gasteiger charge is 2.39. The van der Waals surface area contributed by atoms with E-state index in [0.29, 0.717) is 29.9 Å². The summed E-state index contributed by atoms with van der Waals surface area (Å²) in [5.74, 6) is -0.517. The molecule has 0 aromatic heterocycles. The number of esters is 1. The van der Waals surface area contributed by atoms with Gasteiger partial charge in [-0.1, -0.05) is 55.5 Å². The lowest BCUT2D eigenvalue weighted by Crippen LogP contribution is -2.44. The first-order chi connectivity index (χ1) is 21.2. The molecular weight excluding hydrogens is 566 g/mol. The molecule has 1 heterocycles. The van der Waals surface area contributed by atoms with Crippen LogP contribution < -0.4 is 10.6 Å². The van der Waals surface area contributed by atoms with Gasteiger partial charge in [0.1, 0.15) is 12.3 Å². The summed E-state index contributed by atoms with van der Waals surface area (Å²) >= 11 is 0. The number of aliphatic hydroxyl groups is 2. The highest BCUT2D eigenvalue weighted by molar-refractivity contribution is 5.91. The summed E-state index contributed by atoms with van der Waals surface area (Å²) in [6.07, 6.45) is -2.23. The summed E-state index contributed by atoms with van der Waals surface area (Å²) in [5.41, 5.74) is 3.52. The number of urea groups is 1. The minimum absolute atomic E-state index is 0.0603. The predicted molar refractivity (Wildman–Crippen MR) is 164 cm³/mol. The number of rotatable bonds is 12. The van der Waals surface area contributed by atoms with Gasteiger partial charge in [-0.2, -0.15) is 0 Å². The molecule has 0 unspecified atom stereocenters. The van der Waals surface area contributed by atoms with Crippen LogP contribution in [0.25, 0.3) is 0 Å². The van der Waals surface area contributed by atoms with E-state index in [1.807, 2.05) is 42.3 Å². The number of amides is 2. The Balaban J connectivity index is 1.51. The number of likely N-dealkylation sites (N-methyl/N-ethyl adjacent to an activating group) is 1. The van der Waals surface area contributed by atoms with Gasteiger partial charge in [-0.05, 0) is 54.9 Å². The molecule has 3 aromatic carbocycles. The number of ether oxygens (including phenoxy) is 3. The third-order valence-electron chi connectivity index (χ3n) is 7.47. The second-order valence-corrected chi connectivity index (χ2v) is 10.9. The van der Waals surface area contributed by atoms with Gasteiger partial charge in [-0.3, -0.25) is 4.79 Å². The predicted octanol–water partition coefficient (Wildman–Crippen LogP) is 4.03. The van der Waals surface area contributed by atoms with Gasteiger partial charge in [0.05, 0.1) is 31.5 Å². The Morgan fingerprint density at radius 2 is 1.77 bits per heavy atom. The van der Waals surface area contributed by atoms with E-state index in [2.05, 4.69) is 17.6 Å². The summed E-state index contributed by atoms with van der Waals surface area (Å²) in [6.45, 7) is 4.46. The molecule has 4 rings (SSSR count). The van der Waals surface area contributed by atoms with Crippen LogP contribution in [-0.2, 0) is 25.6 Å². The number of phenols is 1. The van der Waals surface area contributed by atoms with Gasteiger partial charge < -0.3 is 45.1 Å². The van der Waals surface area contributed by atoms with E-state index in [1.165, 1.54) is 0 Å². The lowest BCUT2D eigenvalue weighted by atomic mass is 9.90. The van der Waals surface area contributed by atoms with Gasteiger partial charge in [0, 0.05) is 30.3 Å². The molecule has 5 atom stereocenters. The Labute approximate surface area is 257 Å². The maximum absolute atomic E-state index is 12.4. The van der Waals surface area contributed by atoms with E-state index in [-0.39, 0.29) is 43.6 Å². The summed E-state index contributed by atoms with van der Waals surface area (Å²) in [6, 6.07) is 20.7. The average molecular weight is 608 g/mol. The van der Waals surface area contributed by atoms with Gasteiger partial charge in [-0.15, -0.1) is 0 Å². The number of nitrogens with one attached hydrogen (secondary N) is 2. The molecule has 3 aromatic rings. The Hall–Kier alpha value is -4.00. The minimum atomic E-state index is -0.808. The van der Waals surface area contributed by atoms with Gasteiger partial charge in [0.25, 0.3) is 0 Å². The number of hydrogen-bond donors (Lipinski definition) is 5. The van der Waals surface area contributed by atoms with E-state index >= 15 is 0 Å². The van der Waals surface area contributed by atoms with Crippen molar-refractivity contribution in [2.45, 2.75) is 45.1 Å². The van der Waals surface area contributed by atoms with Crippen molar-refractivity contribution < 1.29 is 39.1 Å². The van der Waals surface area contributed by atoms with Gasteiger partial charge >= 0.3 is 12.0 Å². The standard InChI is InChI=1S/C33H41N3O8/c1-4-42-30(40)17-34-33(41)35-26-9-5-8-25(15-26)32-43-29(19-36(3)18-28(39)24-7-6-10-27(38)16-24)21(2)31(44-32)23-13-11-22(20-37)12-14-23/h5-16,21,28-29,31-32,37-39H,4,17-20H2,1-3H3,(H2,34,35,41)/t21-,28+,29+,31+,32+/m0/s1. The number of aliphatic hydroxyl groups excluding tert-OH is 2. The molecule has 2 amide bonds. The molecule has 44 heavy (non-hydrogen) atoms. The minimum Gasteiger partial charge on any atom is -0.508 e. The number of carbonyl (C=O) groups is 2. The van der Waals surface area contributed by atoms with Crippen molar-refractivity contribution in [2.75, 3.05) is 38.6 Å². The van der Waals surface area contributed by atoms with Crippen LogP contribution in [0.2, 0.25) is 0 Å². The Morgan fingerprint density at radius 3 is 2.48 bits per heavy atom. The van der Waals surface area contributed by atoms with Crippen molar-refractivity contribution in [2.24, 2.45) is 5.92 Å². The molecule has 1 aliphatic rings. The van der Waals surface area contributed by atoms with Crippen LogP contribution >= 0.6 is 0 Å². The fourth-order valence-electron chi connectivity index (χ4n) is 5.15. The molecule has 0 bridgehead atoms. The number of carbonyl (C=O) groups excluding carboxylic acids is 2. The van der Waals surface area contributed by atoms with Crippen molar-refractivity contribution in [3.05, 3.63) is 95.1 Å². The number of hydrogen-bond acceptors (Lipinski definition) is 9. The molecule has 0 radical (unpaired) electrons. The van der Waals surface area contributed by atoms with Crippen molar-refractivity contribution in [3.8, 4) is 5.75 Å². The van der Waals surface area contributed by atoms with Crippen LogP contribution in [0.1, 0.15) is 54.6 Å². The molecule has 5 N–H and O–H groups in total. The molecule has 236 valence electrons. The second-order valence-electron chi connectivity index (χ2n) is 10.9. The highest BCUT2D eigenvalue weighted by Crippen LogP contribution is 2.42. The SMILES string of the molecule is CCOC(=O)CNC(=O)Nc1cccc([C@@H]2O[C@H](CN(C)C[C@@H](O)c3cccc(O)c3)[C@H](C)[C@H](c3ccc(CO)cc3)O2)c1. The maximum Gasteiger partial charge on any atom is 0.325 e. The lowest BCUT2D eigenvalue weighted by Gasteiger charge is -2.42. The molecule has 0 spiro atoms. The van der Waals surface area contributed by atoms with Crippen LogP contribution in [0.15, 0.2) is 72.8 Å². The van der Waals surface area contributed by atoms with Crippen molar-refractivity contribution in [1.29, 1.82) is 0 Å². The average Bonchev–Trinajstić information content (AvgIpc) is 3.01. The number of aromatic hydroxyl groups is 1. The first-order valence-electron chi connectivity index (χ1n) is 14.6. The molecule has 1 saturated heterocycles. The molecule has 0 aliphatic carbocycles. The highest BCUT2D eigenvalue weighted by atomic mass is 16.7. The Morgan fingerprint density at radius 1 is 1.02 bits per heavy atom. The van der Waals surface area contributed by atoms with Crippen LogP contribution in [-0.4, -0.2) is 71.6 Å². The Bertz CT molecular complexity index is 1390. The van der Waals surface area contributed by atoms with E-state index < -0.39 is 24.4 Å². The topological polar surface area (TPSA) is 150 Å². The van der Waals surface area contributed by atoms with Crippen molar-refractivity contribution in [1.82, 2.24) is 10.2 Å². The van der Waals surface area contributed by atoms with Crippen LogP contribution in [0, 0.1) is 5.92 Å². The molecular formula is C33H41N3O8. The van der Waals surface area contributed by atoms with Gasteiger partial charge in [-0.25, -0.2) is 4.79 Å². The quantitative estimate of drug-likeness (QED) is 0.192. The normalized spacial score (nSPS) is 20.6. The maximum atomic E-state index is 12.4. The monoisotopic (exact) mass is 607 g/mol. The summed E-state index contributed by atoms with van der Waals surface area (Å²) in [4.78, 5) is 25.9. The molecule has 11 heteroatoms. The molecule has 1 aliphatic heterocycles. The van der Waals surface area contributed by atoms with Crippen LogP contribution in [0.4, 0.5) is 10.5 Å². The van der Waals surface area contributed by atoms with Gasteiger partial charge in [0.15, 0.2) is 6.29 Å². The summed E-state index contributed by atoms with van der Waals surface area (Å²) in [5, 5.41) is 35.3. The zero-order valence-corrected chi connectivity index (χ0v) is 25.2. The van der Waals surface area contributed by atoms with E-state index in [9.17, 15) is 24.9 Å². The molecule has 1 fully saturated rings. The third-order valence-corrected chi connectivity index (χ3v) is 7.47. The number of benzene rings is 3. The zero-order chi connectivity index (χ0) is 31.6. The van der Waals surface area contributed by atoms with Crippen molar-refractivity contribution >= 4 is 17.7 Å². The lowest BCUT2D eigenvalue weighted by molar-refractivity contribution is -0.276. The van der Waals surface area contributed by atoms with E-state index in [4.69, 9.17) is 14.2 Å². The second kappa shape index (κ2) is 15.6. The first kappa shape index (κ1) is 32.9. The van der Waals surface area contributed by atoms with Crippen LogP contribution in [0.3, 0.4) is 0 Å². The zero-order valence-electron chi connectivity index (χ0n) is 25.2. The summed E-state index contributed by atoms with van der Waals surface area (Å²) < 4.78 is 17.9. The fraction of sp³-hybridized carbons (Fsp3) is 0.394. The molecule has 11 nitrogen and oxygen atoms in total. The van der Waals surface area contributed by atoms with E-state index in [0.717, 1.165) is 11.1 Å². The van der Waals surface area contributed by atoms with Gasteiger partial charge in [0.2, 0.25) is 0 Å². The van der Waals surface area contributed by atoms with E-state index in [1.54, 1.807) is 49.4 Å². The fourth-order valence-corrected chi connectivity index (χ4v) is 5.15.